The Bertz CT molecular complexity index is 319. The molecule has 0 bridgehead atoms. The lowest BCUT2D eigenvalue weighted by atomic mass is 10.3. The number of carbonyl (C=O) groups excluding carboxylic acids is 1. The fraction of sp³-hybridized carbons (Fsp3) is 0.625. The van der Waals surface area contributed by atoms with E-state index in [9.17, 15) is 4.79 Å². The van der Waals surface area contributed by atoms with E-state index < -0.39 is 0 Å². The number of nitrogens with one attached hydrogen (secondary N) is 1. The normalized spacial score (nSPS) is 10.6. The van der Waals surface area contributed by atoms with Crippen LogP contribution in [0.2, 0.25) is 0 Å². The zero-order valence-corrected chi connectivity index (χ0v) is 8.61. The minimum atomic E-state index is -0.174. The third-order valence-electron chi connectivity index (χ3n) is 1.93. The van der Waals surface area contributed by atoms with Crippen LogP contribution in [0.1, 0.15) is 31.4 Å². The Balaban J connectivity index is 2.83. The van der Waals surface area contributed by atoms with Gasteiger partial charge in [-0.25, -0.2) is 0 Å². The Labute approximate surface area is 82.5 Å². The molecule has 1 aromatic rings. The number of rotatable bonds is 3. The molecule has 0 fully saturated rings. The maximum atomic E-state index is 11.8. The molecule has 1 aromatic heterocycles. The summed E-state index contributed by atoms with van der Waals surface area (Å²) in [6, 6.07) is 0.138. The van der Waals surface area contributed by atoms with E-state index in [0.29, 0.717) is 6.54 Å². The summed E-state index contributed by atoms with van der Waals surface area (Å²) in [5.74, 6) is 0.109. The molecule has 1 heterocycles. The van der Waals surface area contributed by atoms with Crippen molar-refractivity contribution in [1.29, 1.82) is 0 Å². The lowest BCUT2D eigenvalue weighted by Crippen LogP contribution is -2.37. The number of nitrogens with two attached hydrogens (primary N) is 1. The van der Waals surface area contributed by atoms with Crippen molar-refractivity contribution in [2.24, 2.45) is 0 Å². The highest BCUT2D eigenvalue weighted by atomic mass is 16.2. The number of anilines is 1. The summed E-state index contributed by atoms with van der Waals surface area (Å²) >= 11 is 0. The number of carbonyl (C=O) groups is 1. The third kappa shape index (κ3) is 2.01. The number of H-pyrrole nitrogens is 1. The number of aromatic amines is 1. The van der Waals surface area contributed by atoms with E-state index in [0.717, 1.165) is 0 Å². The van der Waals surface area contributed by atoms with Gasteiger partial charge in [-0.1, -0.05) is 0 Å². The van der Waals surface area contributed by atoms with Crippen molar-refractivity contribution >= 4 is 11.9 Å². The molecule has 0 atom stereocenters. The zero-order valence-electron chi connectivity index (χ0n) is 8.61. The summed E-state index contributed by atoms with van der Waals surface area (Å²) < 4.78 is 0. The van der Waals surface area contributed by atoms with Crippen LogP contribution in [0.4, 0.5) is 5.95 Å². The molecule has 0 unspecified atom stereocenters. The summed E-state index contributed by atoms with van der Waals surface area (Å²) in [6.45, 7) is 6.44. The van der Waals surface area contributed by atoms with Crippen LogP contribution in [0, 0.1) is 0 Å². The van der Waals surface area contributed by atoms with Gasteiger partial charge in [0.1, 0.15) is 0 Å². The first-order valence-electron chi connectivity index (χ1n) is 4.55. The van der Waals surface area contributed by atoms with E-state index in [-0.39, 0.29) is 23.7 Å². The number of nitrogen functional groups attached to an aromatic ring is 1. The van der Waals surface area contributed by atoms with Crippen molar-refractivity contribution < 1.29 is 4.79 Å². The molecule has 0 radical (unpaired) electrons. The van der Waals surface area contributed by atoms with E-state index >= 15 is 0 Å². The van der Waals surface area contributed by atoms with Gasteiger partial charge in [0.15, 0.2) is 0 Å². The molecule has 0 aliphatic rings. The monoisotopic (exact) mass is 197 g/mol. The molecule has 78 valence electrons. The van der Waals surface area contributed by atoms with Crippen molar-refractivity contribution in [1.82, 2.24) is 20.1 Å². The van der Waals surface area contributed by atoms with E-state index in [4.69, 9.17) is 5.73 Å². The van der Waals surface area contributed by atoms with E-state index in [1.807, 2.05) is 20.8 Å². The van der Waals surface area contributed by atoms with Crippen molar-refractivity contribution in [2.75, 3.05) is 12.3 Å². The minimum Gasteiger partial charge on any atom is -0.366 e. The highest BCUT2D eigenvalue weighted by Crippen LogP contribution is 2.04. The molecule has 0 aliphatic heterocycles. The molecule has 6 nitrogen and oxygen atoms in total. The average Bonchev–Trinajstić information content (AvgIpc) is 2.52. The largest absolute Gasteiger partial charge is 0.366 e. The van der Waals surface area contributed by atoms with Crippen molar-refractivity contribution in [3.8, 4) is 0 Å². The highest BCUT2D eigenvalue weighted by molar-refractivity contribution is 5.90. The van der Waals surface area contributed by atoms with Crippen LogP contribution < -0.4 is 5.73 Å². The van der Waals surface area contributed by atoms with Gasteiger partial charge in [0.25, 0.3) is 5.91 Å². The Morgan fingerprint density at radius 2 is 2.29 bits per heavy atom. The average molecular weight is 197 g/mol. The predicted molar refractivity (Wildman–Crippen MR) is 52.6 cm³/mol. The fourth-order valence-electron chi connectivity index (χ4n) is 1.25. The molecule has 0 spiro atoms. The maximum Gasteiger partial charge on any atom is 0.291 e. The van der Waals surface area contributed by atoms with Crippen LogP contribution in [0.3, 0.4) is 0 Å². The molecule has 14 heavy (non-hydrogen) atoms. The maximum absolute atomic E-state index is 11.8. The Morgan fingerprint density at radius 3 is 2.64 bits per heavy atom. The summed E-state index contributed by atoms with van der Waals surface area (Å²) in [4.78, 5) is 17.2. The summed E-state index contributed by atoms with van der Waals surface area (Å²) in [6.07, 6.45) is 0. The van der Waals surface area contributed by atoms with Crippen LogP contribution in [-0.2, 0) is 0 Å². The number of hydrogen-bond donors (Lipinski definition) is 2. The summed E-state index contributed by atoms with van der Waals surface area (Å²) in [7, 11) is 0. The molecule has 0 saturated carbocycles. The molecule has 6 heteroatoms. The van der Waals surface area contributed by atoms with Gasteiger partial charge in [0.05, 0.1) is 0 Å². The van der Waals surface area contributed by atoms with Crippen molar-refractivity contribution in [3.63, 3.8) is 0 Å². The SMILES string of the molecule is CCN(C(=O)c1nc(N)n[nH]1)C(C)C. The second-order valence-corrected chi connectivity index (χ2v) is 3.23. The molecule has 3 N–H and O–H groups in total. The lowest BCUT2D eigenvalue weighted by molar-refractivity contribution is 0.0705. The van der Waals surface area contributed by atoms with Crippen molar-refractivity contribution in [3.05, 3.63) is 5.82 Å². The van der Waals surface area contributed by atoms with E-state index in [1.54, 1.807) is 4.90 Å². The van der Waals surface area contributed by atoms with Crippen LogP contribution in [0.15, 0.2) is 0 Å². The second kappa shape index (κ2) is 4.08. The topological polar surface area (TPSA) is 87.9 Å². The summed E-state index contributed by atoms with van der Waals surface area (Å²) in [5, 5.41) is 6.11. The van der Waals surface area contributed by atoms with E-state index in [1.165, 1.54) is 0 Å². The quantitative estimate of drug-likeness (QED) is 0.727. The number of amides is 1. The summed E-state index contributed by atoms with van der Waals surface area (Å²) in [5.41, 5.74) is 5.31. The first kappa shape index (κ1) is 10.5. The van der Waals surface area contributed by atoms with Gasteiger partial charge in [-0.3, -0.25) is 9.89 Å². The van der Waals surface area contributed by atoms with Gasteiger partial charge in [0, 0.05) is 12.6 Å². The molecular formula is C8H15N5O. The number of hydrogen-bond acceptors (Lipinski definition) is 4. The third-order valence-corrected chi connectivity index (χ3v) is 1.93. The fourth-order valence-corrected chi connectivity index (χ4v) is 1.25. The minimum absolute atomic E-state index is 0.0909. The Morgan fingerprint density at radius 1 is 1.64 bits per heavy atom. The van der Waals surface area contributed by atoms with Crippen LogP contribution in [0.5, 0.6) is 0 Å². The number of aromatic nitrogens is 3. The van der Waals surface area contributed by atoms with Crippen LogP contribution >= 0.6 is 0 Å². The molecule has 0 saturated heterocycles. The van der Waals surface area contributed by atoms with Crippen LogP contribution in [0.25, 0.3) is 0 Å². The van der Waals surface area contributed by atoms with E-state index in [2.05, 4.69) is 15.2 Å². The van der Waals surface area contributed by atoms with Crippen molar-refractivity contribution in [2.45, 2.75) is 26.8 Å². The van der Waals surface area contributed by atoms with Gasteiger partial charge in [-0.15, -0.1) is 5.10 Å². The highest BCUT2D eigenvalue weighted by Gasteiger charge is 2.19. The van der Waals surface area contributed by atoms with Gasteiger partial charge < -0.3 is 10.6 Å². The number of nitrogens with zero attached hydrogens (tertiary/aromatic N) is 3. The molecular weight excluding hydrogens is 182 g/mol. The molecule has 0 aromatic carbocycles. The molecule has 1 rings (SSSR count). The first-order chi connectivity index (χ1) is 6.56. The van der Waals surface area contributed by atoms with Crippen LogP contribution in [-0.4, -0.2) is 38.6 Å². The second-order valence-electron chi connectivity index (χ2n) is 3.23. The standard InChI is InChI=1S/C8H15N5O/c1-4-13(5(2)3)7(14)6-10-8(9)12-11-6/h5H,4H2,1-3H3,(H3,9,10,11,12). The Hall–Kier alpha value is -1.59. The van der Waals surface area contributed by atoms with Gasteiger partial charge in [0.2, 0.25) is 11.8 Å². The Kier molecular flexibility index (Phi) is 3.06. The predicted octanol–water partition coefficient (Wildman–Crippen LogP) is 0.257. The van der Waals surface area contributed by atoms with Gasteiger partial charge in [-0.05, 0) is 20.8 Å². The lowest BCUT2D eigenvalue weighted by Gasteiger charge is -2.23. The smallest absolute Gasteiger partial charge is 0.291 e. The molecule has 1 amide bonds. The zero-order chi connectivity index (χ0) is 10.7. The molecule has 0 aliphatic carbocycles. The van der Waals surface area contributed by atoms with Gasteiger partial charge >= 0.3 is 0 Å². The van der Waals surface area contributed by atoms with Gasteiger partial charge in [-0.2, -0.15) is 4.98 Å². The first-order valence-corrected chi connectivity index (χ1v) is 4.55.